The van der Waals surface area contributed by atoms with E-state index in [0.29, 0.717) is 24.0 Å². The second kappa shape index (κ2) is 4.53. The summed E-state index contributed by atoms with van der Waals surface area (Å²) in [6.07, 6.45) is 0.878. The molecule has 0 N–H and O–H groups in total. The van der Waals surface area contributed by atoms with Crippen LogP contribution < -0.4 is 0 Å². The van der Waals surface area contributed by atoms with Crippen LogP contribution in [-0.4, -0.2) is 18.9 Å². The Kier molecular flexibility index (Phi) is 3.09. The highest BCUT2D eigenvalue weighted by molar-refractivity contribution is 6.29. The van der Waals surface area contributed by atoms with E-state index in [4.69, 9.17) is 4.74 Å². The molecular formula is C14H14O3. The van der Waals surface area contributed by atoms with Crippen molar-refractivity contribution >= 4 is 17.3 Å². The number of Topliss-reactive ketones (excluding diaryl/α,β-unsaturated/α-hetero) is 1. The lowest BCUT2D eigenvalue weighted by Crippen LogP contribution is -2.06. The summed E-state index contributed by atoms with van der Waals surface area (Å²) in [4.78, 5) is 23.5. The van der Waals surface area contributed by atoms with Crippen LogP contribution in [0.2, 0.25) is 0 Å². The van der Waals surface area contributed by atoms with Gasteiger partial charge < -0.3 is 4.74 Å². The Morgan fingerprint density at radius 3 is 2.59 bits per heavy atom. The highest BCUT2D eigenvalue weighted by Crippen LogP contribution is 2.33. The number of esters is 1. The molecule has 17 heavy (non-hydrogen) atoms. The molecule has 0 bridgehead atoms. The fourth-order valence-electron chi connectivity index (χ4n) is 2.15. The lowest BCUT2D eigenvalue weighted by Gasteiger charge is -2.08. The maximum atomic E-state index is 11.9. The maximum Gasteiger partial charge on any atom is 0.334 e. The number of carbonyl (C=O) groups is 2. The lowest BCUT2D eigenvalue weighted by atomic mass is 9.97. The van der Waals surface area contributed by atoms with Gasteiger partial charge in [-0.15, -0.1) is 0 Å². The Balaban J connectivity index is 2.57. The minimum atomic E-state index is -0.394. The minimum absolute atomic E-state index is 0.0275. The summed E-state index contributed by atoms with van der Waals surface area (Å²) in [5.74, 6) is -0.367. The SMILES string of the molecule is COC(=O)C1=C(c2ccccc2C)C(=O)CC1. The molecule has 0 unspecified atom stereocenters. The number of rotatable bonds is 2. The van der Waals surface area contributed by atoms with Gasteiger partial charge >= 0.3 is 5.97 Å². The number of allylic oxidation sites excluding steroid dienone is 1. The van der Waals surface area contributed by atoms with Crippen molar-refractivity contribution in [3.05, 3.63) is 41.0 Å². The number of methoxy groups -OCH3 is 1. The molecule has 0 spiro atoms. The number of aryl methyl sites for hydroxylation is 1. The van der Waals surface area contributed by atoms with Crippen molar-refractivity contribution in [2.45, 2.75) is 19.8 Å². The van der Waals surface area contributed by atoms with Gasteiger partial charge in [0.15, 0.2) is 5.78 Å². The second-order valence-electron chi connectivity index (χ2n) is 4.08. The molecule has 0 amide bonds. The molecule has 88 valence electrons. The van der Waals surface area contributed by atoms with E-state index in [-0.39, 0.29) is 5.78 Å². The zero-order valence-electron chi connectivity index (χ0n) is 9.95. The van der Waals surface area contributed by atoms with Gasteiger partial charge in [0.2, 0.25) is 0 Å². The third-order valence-electron chi connectivity index (χ3n) is 3.03. The third-order valence-corrected chi connectivity index (χ3v) is 3.03. The van der Waals surface area contributed by atoms with Gasteiger partial charge in [-0.3, -0.25) is 4.79 Å². The largest absolute Gasteiger partial charge is 0.466 e. The van der Waals surface area contributed by atoms with Gasteiger partial charge in [-0.25, -0.2) is 4.79 Å². The number of hydrogen-bond donors (Lipinski definition) is 0. The summed E-state index contributed by atoms with van der Waals surface area (Å²) in [6, 6.07) is 7.59. The van der Waals surface area contributed by atoms with Crippen molar-refractivity contribution in [3.8, 4) is 0 Å². The van der Waals surface area contributed by atoms with Gasteiger partial charge in [0.25, 0.3) is 0 Å². The predicted octanol–water partition coefficient (Wildman–Crippen LogP) is 2.28. The minimum Gasteiger partial charge on any atom is -0.466 e. The maximum absolute atomic E-state index is 11.9. The summed E-state index contributed by atoms with van der Waals surface area (Å²) >= 11 is 0. The number of hydrogen-bond acceptors (Lipinski definition) is 3. The lowest BCUT2D eigenvalue weighted by molar-refractivity contribution is -0.136. The van der Waals surface area contributed by atoms with Gasteiger partial charge in [0.05, 0.1) is 7.11 Å². The van der Waals surface area contributed by atoms with Crippen LogP contribution in [0.15, 0.2) is 29.8 Å². The molecule has 2 rings (SSSR count). The van der Waals surface area contributed by atoms with Crippen LogP contribution >= 0.6 is 0 Å². The average Bonchev–Trinajstić information content (AvgIpc) is 2.71. The van der Waals surface area contributed by atoms with Crippen molar-refractivity contribution in [2.75, 3.05) is 7.11 Å². The first-order valence-electron chi connectivity index (χ1n) is 5.56. The molecule has 1 aliphatic rings. The molecule has 1 aromatic carbocycles. The fraction of sp³-hybridized carbons (Fsp3) is 0.286. The predicted molar refractivity (Wildman–Crippen MR) is 64.4 cm³/mol. The Morgan fingerprint density at radius 1 is 1.24 bits per heavy atom. The molecule has 0 fully saturated rings. The quantitative estimate of drug-likeness (QED) is 0.732. The van der Waals surface area contributed by atoms with E-state index in [9.17, 15) is 9.59 Å². The molecule has 0 saturated carbocycles. The van der Waals surface area contributed by atoms with E-state index in [1.54, 1.807) is 0 Å². The van der Waals surface area contributed by atoms with E-state index in [1.165, 1.54) is 7.11 Å². The summed E-state index contributed by atoms with van der Waals surface area (Å²) in [5, 5.41) is 0. The molecule has 0 radical (unpaired) electrons. The van der Waals surface area contributed by atoms with Gasteiger partial charge in [-0.05, 0) is 24.5 Å². The zero-order chi connectivity index (χ0) is 12.4. The van der Waals surface area contributed by atoms with Crippen LogP contribution in [0.25, 0.3) is 5.57 Å². The monoisotopic (exact) mass is 230 g/mol. The first-order chi connectivity index (χ1) is 8.15. The highest BCUT2D eigenvalue weighted by Gasteiger charge is 2.29. The summed E-state index contributed by atoms with van der Waals surface area (Å²) < 4.78 is 4.73. The number of ketones is 1. The molecular weight excluding hydrogens is 216 g/mol. The van der Waals surface area contributed by atoms with Gasteiger partial charge in [-0.1, -0.05) is 24.3 Å². The Bertz CT molecular complexity index is 512. The van der Waals surface area contributed by atoms with Crippen molar-refractivity contribution in [1.82, 2.24) is 0 Å². The highest BCUT2D eigenvalue weighted by atomic mass is 16.5. The van der Waals surface area contributed by atoms with E-state index < -0.39 is 5.97 Å². The molecule has 0 heterocycles. The first-order valence-corrected chi connectivity index (χ1v) is 5.56. The number of ether oxygens (including phenoxy) is 1. The molecule has 0 saturated heterocycles. The smallest absolute Gasteiger partial charge is 0.334 e. The van der Waals surface area contributed by atoms with Crippen LogP contribution in [0.4, 0.5) is 0 Å². The van der Waals surface area contributed by atoms with Gasteiger partial charge in [-0.2, -0.15) is 0 Å². The van der Waals surface area contributed by atoms with Crippen LogP contribution in [-0.2, 0) is 14.3 Å². The summed E-state index contributed by atoms with van der Waals surface area (Å²) in [6.45, 7) is 1.93. The third kappa shape index (κ3) is 2.00. The Labute approximate surface area is 100 Å². The van der Waals surface area contributed by atoms with E-state index in [0.717, 1.165) is 11.1 Å². The standard InChI is InChI=1S/C14H14O3/c1-9-5-3-4-6-10(9)13-11(14(16)17-2)7-8-12(13)15/h3-6H,7-8H2,1-2H3. The fourth-order valence-corrected chi connectivity index (χ4v) is 2.15. The van der Waals surface area contributed by atoms with Crippen molar-refractivity contribution in [1.29, 1.82) is 0 Å². The molecule has 0 atom stereocenters. The zero-order valence-corrected chi connectivity index (χ0v) is 9.95. The van der Waals surface area contributed by atoms with Crippen molar-refractivity contribution in [3.63, 3.8) is 0 Å². The molecule has 3 nitrogen and oxygen atoms in total. The topological polar surface area (TPSA) is 43.4 Å². The first kappa shape index (κ1) is 11.6. The Morgan fingerprint density at radius 2 is 1.94 bits per heavy atom. The molecule has 1 aliphatic carbocycles. The van der Waals surface area contributed by atoms with Crippen LogP contribution in [0, 0.1) is 6.92 Å². The Hall–Kier alpha value is -1.90. The summed E-state index contributed by atoms with van der Waals surface area (Å²) in [7, 11) is 1.34. The van der Waals surface area contributed by atoms with E-state index in [1.807, 2.05) is 31.2 Å². The van der Waals surface area contributed by atoms with Crippen molar-refractivity contribution in [2.24, 2.45) is 0 Å². The van der Waals surface area contributed by atoms with Crippen LogP contribution in [0.3, 0.4) is 0 Å². The van der Waals surface area contributed by atoms with Crippen LogP contribution in [0.5, 0.6) is 0 Å². The average molecular weight is 230 g/mol. The molecule has 0 aliphatic heterocycles. The number of carbonyl (C=O) groups excluding carboxylic acids is 2. The number of benzene rings is 1. The van der Waals surface area contributed by atoms with Crippen molar-refractivity contribution < 1.29 is 14.3 Å². The molecule has 3 heteroatoms. The van der Waals surface area contributed by atoms with Crippen LogP contribution in [0.1, 0.15) is 24.0 Å². The van der Waals surface area contributed by atoms with E-state index in [2.05, 4.69) is 0 Å². The van der Waals surface area contributed by atoms with E-state index >= 15 is 0 Å². The van der Waals surface area contributed by atoms with Gasteiger partial charge in [0, 0.05) is 17.6 Å². The summed E-state index contributed by atoms with van der Waals surface area (Å²) in [5.41, 5.74) is 2.89. The second-order valence-corrected chi connectivity index (χ2v) is 4.08. The molecule has 0 aromatic heterocycles. The molecule has 1 aromatic rings. The normalized spacial score (nSPS) is 15.3. The van der Waals surface area contributed by atoms with Gasteiger partial charge in [0.1, 0.15) is 0 Å².